The Balaban J connectivity index is 1.79. The molecule has 4 aromatic rings. The molecule has 0 atom stereocenters. The van der Waals surface area contributed by atoms with Gasteiger partial charge in [-0.25, -0.2) is 0 Å². The van der Waals surface area contributed by atoms with Crippen LogP contribution in [0.4, 0.5) is 5.00 Å². The zero-order valence-corrected chi connectivity index (χ0v) is 15.6. The lowest BCUT2D eigenvalue weighted by Gasteiger charge is -2.07. The first kappa shape index (κ1) is 16.1. The Labute approximate surface area is 158 Å². The summed E-state index contributed by atoms with van der Waals surface area (Å²) < 4.78 is 2.11. The van der Waals surface area contributed by atoms with E-state index in [0.717, 1.165) is 30.7 Å². The van der Waals surface area contributed by atoms with E-state index in [1.807, 2.05) is 54.6 Å². The molecule has 0 aliphatic rings. The van der Waals surface area contributed by atoms with E-state index in [1.165, 1.54) is 0 Å². The standard InChI is InChI=1S/C21H14BrNOS/c22-16-12-10-15(11-13-16)20(24)23-21-19(14-6-2-1-3-7-14)17-8-4-5-9-18(17)25-21/h1-13H,(H,23,24). The summed E-state index contributed by atoms with van der Waals surface area (Å²) in [7, 11) is 0. The third-order valence-electron chi connectivity index (χ3n) is 3.99. The quantitative estimate of drug-likeness (QED) is 0.408. The molecule has 2 nitrogen and oxygen atoms in total. The summed E-state index contributed by atoms with van der Waals surface area (Å²) in [5, 5.41) is 5.13. The van der Waals surface area contributed by atoms with Gasteiger partial charge in [0.05, 0.1) is 0 Å². The number of fused-ring (bicyclic) bond motifs is 1. The van der Waals surface area contributed by atoms with Crippen LogP contribution in [-0.4, -0.2) is 5.91 Å². The second-order valence-electron chi connectivity index (χ2n) is 5.63. The van der Waals surface area contributed by atoms with Crippen molar-refractivity contribution in [3.05, 3.63) is 88.9 Å². The minimum Gasteiger partial charge on any atom is -0.313 e. The molecular formula is C21H14BrNOS. The van der Waals surface area contributed by atoms with Crippen LogP contribution in [0.1, 0.15) is 10.4 Å². The van der Waals surface area contributed by atoms with Gasteiger partial charge in [-0.2, -0.15) is 0 Å². The second-order valence-corrected chi connectivity index (χ2v) is 7.60. The van der Waals surface area contributed by atoms with Crippen LogP contribution in [0.25, 0.3) is 21.2 Å². The number of hydrogen-bond donors (Lipinski definition) is 1. The molecule has 0 fully saturated rings. The van der Waals surface area contributed by atoms with Gasteiger partial charge in [0.2, 0.25) is 0 Å². The van der Waals surface area contributed by atoms with Crippen molar-refractivity contribution in [2.24, 2.45) is 0 Å². The first-order chi connectivity index (χ1) is 12.2. The second kappa shape index (κ2) is 6.82. The van der Waals surface area contributed by atoms with E-state index in [0.29, 0.717) is 5.56 Å². The van der Waals surface area contributed by atoms with Crippen LogP contribution in [0, 0.1) is 0 Å². The molecule has 0 aliphatic carbocycles. The Bertz CT molecular complexity index is 1040. The van der Waals surface area contributed by atoms with Gasteiger partial charge in [0.15, 0.2) is 0 Å². The van der Waals surface area contributed by atoms with Crippen molar-refractivity contribution in [1.82, 2.24) is 0 Å². The van der Waals surface area contributed by atoms with E-state index < -0.39 is 0 Å². The molecular weight excluding hydrogens is 394 g/mol. The molecule has 4 heteroatoms. The van der Waals surface area contributed by atoms with Gasteiger partial charge in [-0.3, -0.25) is 4.79 Å². The topological polar surface area (TPSA) is 29.1 Å². The van der Waals surface area contributed by atoms with E-state index in [9.17, 15) is 4.79 Å². The van der Waals surface area contributed by atoms with Gasteiger partial charge in [-0.15, -0.1) is 11.3 Å². The SMILES string of the molecule is O=C(Nc1sc2ccccc2c1-c1ccccc1)c1ccc(Br)cc1. The minimum atomic E-state index is -0.101. The van der Waals surface area contributed by atoms with Crippen molar-refractivity contribution in [3.8, 4) is 11.1 Å². The van der Waals surface area contributed by atoms with Crippen LogP contribution in [0.3, 0.4) is 0 Å². The Morgan fingerprint density at radius 2 is 1.52 bits per heavy atom. The number of carbonyl (C=O) groups excluding carboxylic acids is 1. The number of carbonyl (C=O) groups is 1. The van der Waals surface area contributed by atoms with E-state index >= 15 is 0 Å². The highest BCUT2D eigenvalue weighted by atomic mass is 79.9. The van der Waals surface area contributed by atoms with Gasteiger partial charge >= 0.3 is 0 Å². The lowest BCUT2D eigenvalue weighted by molar-refractivity contribution is 0.102. The molecule has 0 unspecified atom stereocenters. The van der Waals surface area contributed by atoms with Crippen LogP contribution in [-0.2, 0) is 0 Å². The van der Waals surface area contributed by atoms with Crippen LogP contribution in [0.5, 0.6) is 0 Å². The molecule has 0 aliphatic heterocycles. The van der Waals surface area contributed by atoms with Crippen molar-refractivity contribution in [2.75, 3.05) is 5.32 Å². The summed E-state index contributed by atoms with van der Waals surface area (Å²) in [6, 6.07) is 25.8. The first-order valence-corrected chi connectivity index (χ1v) is 9.47. The van der Waals surface area contributed by atoms with Crippen LogP contribution >= 0.6 is 27.3 Å². The maximum atomic E-state index is 12.7. The highest BCUT2D eigenvalue weighted by Gasteiger charge is 2.16. The molecule has 1 aromatic heterocycles. The summed E-state index contributed by atoms with van der Waals surface area (Å²) in [6.45, 7) is 0. The van der Waals surface area contributed by atoms with Crippen LogP contribution in [0.2, 0.25) is 0 Å². The minimum absolute atomic E-state index is 0.101. The number of thiophene rings is 1. The third kappa shape index (κ3) is 3.23. The Kier molecular flexibility index (Phi) is 4.38. The summed E-state index contributed by atoms with van der Waals surface area (Å²) in [5.74, 6) is -0.101. The monoisotopic (exact) mass is 407 g/mol. The summed E-state index contributed by atoms with van der Waals surface area (Å²) in [6.07, 6.45) is 0. The normalized spacial score (nSPS) is 10.8. The lowest BCUT2D eigenvalue weighted by atomic mass is 10.0. The molecule has 4 rings (SSSR count). The van der Waals surface area contributed by atoms with Crippen molar-refractivity contribution in [2.45, 2.75) is 0 Å². The molecule has 0 saturated carbocycles. The lowest BCUT2D eigenvalue weighted by Crippen LogP contribution is -2.11. The fourth-order valence-corrected chi connectivity index (χ4v) is 4.19. The van der Waals surface area contributed by atoms with E-state index in [4.69, 9.17) is 0 Å². The van der Waals surface area contributed by atoms with E-state index in [2.05, 4.69) is 45.5 Å². The van der Waals surface area contributed by atoms with Gasteiger partial charge < -0.3 is 5.32 Å². The molecule has 0 bridgehead atoms. The summed E-state index contributed by atoms with van der Waals surface area (Å²) in [5.41, 5.74) is 2.82. The number of nitrogens with one attached hydrogen (secondary N) is 1. The zero-order chi connectivity index (χ0) is 17.2. The third-order valence-corrected chi connectivity index (χ3v) is 5.61. The molecule has 0 radical (unpaired) electrons. The average molecular weight is 408 g/mol. The van der Waals surface area contributed by atoms with Gasteiger partial charge in [-0.1, -0.05) is 64.5 Å². The predicted octanol–water partition coefficient (Wildman–Crippen LogP) is 6.58. The molecule has 1 heterocycles. The fourth-order valence-electron chi connectivity index (χ4n) is 2.80. The smallest absolute Gasteiger partial charge is 0.256 e. The van der Waals surface area contributed by atoms with Crippen molar-refractivity contribution in [3.63, 3.8) is 0 Å². The highest BCUT2D eigenvalue weighted by Crippen LogP contribution is 2.42. The molecule has 0 spiro atoms. The van der Waals surface area contributed by atoms with Crippen molar-refractivity contribution >= 4 is 48.3 Å². The number of rotatable bonds is 3. The number of benzene rings is 3. The largest absolute Gasteiger partial charge is 0.313 e. The molecule has 1 amide bonds. The summed E-state index contributed by atoms with van der Waals surface area (Å²) in [4.78, 5) is 12.7. The first-order valence-electron chi connectivity index (χ1n) is 7.86. The highest BCUT2D eigenvalue weighted by molar-refractivity contribution is 9.10. The maximum Gasteiger partial charge on any atom is 0.256 e. The predicted molar refractivity (Wildman–Crippen MR) is 109 cm³/mol. The molecule has 3 aromatic carbocycles. The van der Waals surface area contributed by atoms with Gasteiger partial charge in [0, 0.05) is 25.7 Å². The maximum absolute atomic E-state index is 12.7. The van der Waals surface area contributed by atoms with Crippen molar-refractivity contribution in [1.29, 1.82) is 0 Å². The Morgan fingerprint density at radius 3 is 2.28 bits per heavy atom. The van der Waals surface area contributed by atoms with Crippen LogP contribution in [0.15, 0.2) is 83.3 Å². The van der Waals surface area contributed by atoms with Crippen molar-refractivity contribution < 1.29 is 4.79 Å². The zero-order valence-electron chi connectivity index (χ0n) is 13.2. The molecule has 25 heavy (non-hydrogen) atoms. The molecule has 1 N–H and O–H groups in total. The molecule has 122 valence electrons. The number of amides is 1. The fraction of sp³-hybridized carbons (Fsp3) is 0. The number of anilines is 1. The number of hydrogen-bond acceptors (Lipinski definition) is 2. The molecule has 0 saturated heterocycles. The average Bonchev–Trinajstić information content (AvgIpc) is 3.00. The Hall–Kier alpha value is -2.43. The van der Waals surface area contributed by atoms with Gasteiger partial charge in [-0.05, 0) is 35.9 Å². The number of halogens is 1. The van der Waals surface area contributed by atoms with E-state index in [1.54, 1.807) is 11.3 Å². The Morgan fingerprint density at radius 1 is 0.840 bits per heavy atom. The summed E-state index contributed by atoms with van der Waals surface area (Å²) >= 11 is 5.00. The van der Waals surface area contributed by atoms with Gasteiger partial charge in [0.1, 0.15) is 5.00 Å². The van der Waals surface area contributed by atoms with E-state index in [-0.39, 0.29) is 5.91 Å². The van der Waals surface area contributed by atoms with Gasteiger partial charge in [0.25, 0.3) is 5.91 Å². The van der Waals surface area contributed by atoms with Crippen LogP contribution < -0.4 is 5.32 Å².